The third-order valence-corrected chi connectivity index (χ3v) is 3.95. The van der Waals surface area contributed by atoms with Gasteiger partial charge in [0.1, 0.15) is 6.10 Å². The molecular weight excluding hydrogens is 242 g/mol. The highest BCUT2D eigenvalue weighted by atomic mass is 16.3. The van der Waals surface area contributed by atoms with Gasteiger partial charge < -0.3 is 15.5 Å². The Morgan fingerprint density at radius 2 is 2.16 bits per heavy atom. The molecule has 0 aromatic heterocycles. The highest BCUT2D eigenvalue weighted by Gasteiger charge is 2.33. The maximum atomic E-state index is 12.0. The van der Waals surface area contributed by atoms with Crippen LogP contribution in [0.3, 0.4) is 0 Å². The first-order chi connectivity index (χ1) is 9.04. The van der Waals surface area contributed by atoms with E-state index in [9.17, 15) is 15.0 Å². The molecule has 4 atom stereocenters. The average molecular weight is 263 g/mol. The molecule has 4 heteroatoms. The first-order valence-corrected chi connectivity index (χ1v) is 6.79. The zero-order valence-electron chi connectivity index (χ0n) is 11.3. The van der Waals surface area contributed by atoms with Gasteiger partial charge in [-0.25, -0.2) is 0 Å². The van der Waals surface area contributed by atoms with Crippen molar-refractivity contribution in [2.45, 2.75) is 44.9 Å². The van der Waals surface area contributed by atoms with Gasteiger partial charge in [-0.05, 0) is 17.0 Å². The predicted molar refractivity (Wildman–Crippen MR) is 72.5 cm³/mol. The SMILES string of the molecule is CCC(C)C(O)C(=O)NC1c2ccccc2CC1O. The number of fused-ring (bicyclic) bond motifs is 1. The van der Waals surface area contributed by atoms with E-state index >= 15 is 0 Å². The summed E-state index contributed by atoms with van der Waals surface area (Å²) in [6, 6.07) is 7.26. The zero-order valence-corrected chi connectivity index (χ0v) is 11.3. The molecule has 0 saturated heterocycles. The summed E-state index contributed by atoms with van der Waals surface area (Å²) in [6.45, 7) is 3.77. The fourth-order valence-corrected chi connectivity index (χ4v) is 2.47. The van der Waals surface area contributed by atoms with E-state index in [0.29, 0.717) is 6.42 Å². The largest absolute Gasteiger partial charge is 0.390 e. The van der Waals surface area contributed by atoms with Crippen molar-refractivity contribution in [3.05, 3.63) is 35.4 Å². The van der Waals surface area contributed by atoms with Crippen LogP contribution in [0.15, 0.2) is 24.3 Å². The van der Waals surface area contributed by atoms with Crippen molar-refractivity contribution in [2.24, 2.45) is 5.92 Å². The van der Waals surface area contributed by atoms with Crippen LogP contribution in [0.4, 0.5) is 0 Å². The van der Waals surface area contributed by atoms with Crippen molar-refractivity contribution in [3.63, 3.8) is 0 Å². The summed E-state index contributed by atoms with van der Waals surface area (Å²) in [5, 5.41) is 22.7. The van der Waals surface area contributed by atoms with Gasteiger partial charge >= 0.3 is 0 Å². The summed E-state index contributed by atoms with van der Waals surface area (Å²) in [5.41, 5.74) is 2.00. The van der Waals surface area contributed by atoms with E-state index in [1.165, 1.54) is 0 Å². The number of aliphatic hydroxyl groups excluding tert-OH is 2. The highest BCUT2D eigenvalue weighted by Crippen LogP contribution is 2.31. The van der Waals surface area contributed by atoms with Crippen LogP contribution in [0.2, 0.25) is 0 Å². The second-order valence-corrected chi connectivity index (χ2v) is 5.29. The minimum atomic E-state index is -1.02. The lowest BCUT2D eigenvalue weighted by Gasteiger charge is -2.22. The van der Waals surface area contributed by atoms with Crippen molar-refractivity contribution in [3.8, 4) is 0 Å². The normalized spacial score (nSPS) is 24.6. The van der Waals surface area contributed by atoms with Gasteiger partial charge in [0.2, 0.25) is 5.91 Å². The number of hydrogen-bond acceptors (Lipinski definition) is 3. The molecule has 0 fully saturated rings. The molecule has 4 nitrogen and oxygen atoms in total. The number of benzene rings is 1. The van der Waals surface area contributed by atoms with Gasteiger partial charge in [-0.1, -0.05) is 44.5 Å². The Balaban J connectivity index is 2.09. The molecule has 104 valence electrons. The molecule has 1 aromatic carbocycles. The number of rotatable bonds is 4. The Kier molecular flexibility index (Phi) is 4.22. The van der Waals surface area contributed by atoms with Crippen LogP contribution in [-0.4, -0.2) is 28.3 Å². The Labute approximate surface area is 113 Å². The van der Waals surface area contributed by atoms with E-state index in [-0.39, 0.29) is 5.92 Å². The quantitative estimate of drug-likeness (QED) is 0.763. The molecule has 0 spiro atoms. The van der Waals surface area contributed by atoms with E-state index in [2.05, 4.69) is 5.32 Å². The van der Waals surface area contributed by atoms with Crippen LogP contribution in [0, 0.1) is 5.92 Å². The third-order valence-electron chi connectivity index (χ3n) is 3.95. The van der Waals surface area contributed by atoms with Crippen molar-refractivity contribution < 1.29 is 15.0 Å². The van der Waals surface area contributed by atoms with Crippen LogP contribution in [-0.2, 0) is 11.2 Å². The van der Waals surface area contributed by atoms with Gasteiger partial charge in [0.05, 0.1) is 12.1 Å². The molecule has 0 heterocycles. The zero-order chi connectivity index (χ0) is 14.0. The Hall–Kier alpha value is -1.39. The number of aliphatic hydroxyl groups is 2. The number of amides is 1. The Morgan fingerprint density at radius 1 is 1.47 bits per heavy atom. The molecule has 3 N–H and O–H groups in total. The molecular formula is C15H21NO3. The topological polar surface area (TPSA) is 69.6 Å². The summed E-state index contributed by atoms with van der Waals surface area (Å²) < 4.78 is 0. The molecule has 0 bridgehead atoms. The molecule has 0 saturated carbocycles. The summed E-state index contributed by atoms with van der Waals surface area (Å²) in [4.78, 5) is 12.0. The van der Waals surface area contributed by atoms with Crippen LogP contribution < -0.4 is 5.32 Å². The van der Waals surface area contributed by atoms with Gasteiger partial charge in [-0.2, -0.15) is 0 Å². The second kappa shape index (κ2) is 5.72. The van der Waals surface area contributed by atoms with Gasteiger partial charge in [0.25, 0.3) is 0 Å². The van der Waals surface area contributed by atoms with Crippen molar-refractivity contribution in [2.75, 3.05) is 0 Å². The first-order valence-electron chi connectivity index (χ1n) is 6.79. The summed E-state index contributed by atoms with van der Waals surface area (Å²) >= 11 is 0. The fourth-order valence-electron chi connectivity index (χ4n) is 2.47. The van der Waals surface area contributed by atoms with Gasteiger partial charge in [0, 0.05) is 6.42 Å². The first kappa shape index (κ1) is 14.0. The van der Waals surface area contributed by atoms with Crippen LogP contribution in [0.5, 0.6) is 0 Å². The lowest BCUT2D eigenvalue weighted by molar-refractivity contribution is -0.133. The molecule has 1 aromatic rings. The smallest absolute Gasteiger partial charge is 0.249 e. The molecule has 0 aliphatic heterocycles. The maximum Gasteiger partial charge on any atom is 0.249 e. The van der Waals surface area contributed by atoms with Crippen molar-refractivity contribution >= 4 is 5.91 Å². The van der Waals surface area contributed by atoms with Crippen molar-refractivity contribution in [1.82, 2.24) is 5.32 Å². The molecule has 1 aliphatic rings. The summed E-state index contributed by atoms with van der Waals surface area (Å²) in [6.07, 6.45) is -0.366. The van der Waals surface area contributed by atoms with E-state index in [1.54, 1.807) is 0 Å². The van der Waals surface area contributed by atoms with Crippen LogP contribution >= 0.6 is 0 Å². The summed E-state index contributed by atoms with van der Waals surface area (Å²) in [5.74, 6) is -0.496. The Morgan fingerprint density at radius 3 is 2.84 bits per heavy atom. The number of carbonyl (C=O) groups excluding carboxylic acids is 1. The molecule has 2 rings (SSSR count). The fraction of sp³-hybridized carbons (Fsp3) is 0.533. The lowest BCUT2D eigenvalue weighted by atomic mass is 10.0. The molecule has 1 aliphatic carbocycles. The van der Waals surface area contributed by atoms with E-state index in [4.69, 9.17) is 0 Å². The number of nitrogens with one attached hydrogen (secondary N) is 1. The van der Waals surface area contributed by atoms with Crippen molar-refractivity contribution in [1.29, 1.82) is 0 Å². The second-order valence-electron chi connectivity index (χ2n) is 5.29. The molecule has 19 heavy (non-hydrogen) atoms. The standard InChI is InChI=1S/C15H21NO3/c1-3-9(2)14(18)15(19)16-13-11-7-5-4-6-10(11)8-12(13)17/h4-7,9,12-14,17-18H,3,8H2,1-2H3,(H,16,19). The van der Waals surface area contributed by atoms with E-state index in [1.807, 2.05) is 38.1 Å². The van der Waals surface area contributed by atoms with Crippen LogP contribution in [0.1, 0.15) is 37.4 Å². The minimum Gasteiger partial charge on any atom is -0.390 e. The predicted octanol–water partition coefficient (Wildman–Crippen LogP) is 1.17. The highest BCUT2D eigenvalue weighted by molar-refractivity contribution is 5.81. The monoisotopic (exact) mass is 263 g/mol. The average Bonchev–Trinajstić information content (AvgIpc) is 2.73. The third kappa shape index (κ3) is 2.80. The molecule has 1 amide bonds. The van der Waals surface area contributed by atoms with Gasteiger partial charge in [-0.15, -0.1) is 0 Å². The van der Waals surface area contributed by atoms with Crippen LogP contribution in [0.25, 0.3) is 0 Å². The number of carbonyl (C=O) groups is 1. The molecule has 0 radical (unpaired) electrons. The molecule has 4 unspecified atom stereocenters. The maximum absolute atomic E-state index is 12.0. The van der Waals surface area contributed by atoms with E-state index < -0.39 is 24.2 Å². The van der Waals surface area contributed by atoms with E-state index in [0.717, 1.165) is 17.5 Å². The number of hydrogen-bond donors (Lipinski definition) is 3. The van der Waals surface area contributed by atoms with Gasteiger partial charge in [0.15, 0.2) is 0 Å². The minimum absolute atomic E-state index is 0.0891. The Bertz CT molecular complexity index is 460. The van der Waals surface area contributed by atoms with Gasteiger partial charge in [-0.3, -0.25) is 4.79 Å². The lowest BCUT2D eigenvalue weighted by Crippen LogP contribution is -2.42. The summed E-state index contributed by atoms with van der Waals surface area (Å²) in [7, 11) is 0.